The summed E-state index contributed by atoms with van der Waals surface area (Å²) in [5, 5.41) is 11.9. The van der Waals surface area contributed by atoms with Crippen molar-refractivity contribution in [3.05, 3.63) is 95.6 Å². The van der Waals surface area contributed by atoms with Gasteiger partial charge in [0.2, 0.25) is 5.91 Å². The molecule has 40 heavy (non-hydrogen) atoms. The van der Waals surface area contributed by atoms with E-state index >= 15 is 0 Å². The van der Waals surface area contributed by atoms with Crippen LogP contribution < -0.4 is 5.32 Å². The molecule has 0 bridgehead atoms. The summed E-state index contributed by atoms with van der Waals surface area (Å²) in [7, 11) is 1.73. The molecule has 1 aliphatic carbocycles. The molecule has 2 atom stereocenters. The summed E-state index contributed by atoms with van der Waals surface area (Å²) in [6, 6.07) is 25.3. The lowest BCUT2D eigenvalue weighted by Gasteiger charge is -2.29. The van der Waals surface area contributed by atoms with Crippen LogP contribution in [0.25, 0.3) is 11.1 Å². The molecule has 5 rings (SSSR count). The number of carbonyl (C=O) groups excluding carboxylic acids is 2. The number of aliphatic carboxylic acids is 1. The number of nitrogens with one attached hydrogen (secondary N) is 1. The van der Waals surface area contributed by atoms with Crippen molar-refractivity contribution in [2.45, 2.75) is 43.8 Å². The minimum atomic E-state index is -1.02. The van der Waals surface area contributed by atoms with Gasteiger partial charge in [0.25, 0.3) is 0 Å². The summed E-state index contributed by atoms with van der Waals surface area (Å²) < 4.78 is 5.64. The van der Waals surface area contributed by atoms with Gasteiger partial charge in [0.05, 0.1) is 0 Å². The number of carboxylic acids is 1. The standard InChI is InChI=1S/C32H35N3O5/c1-34(23-17-18-35(20-23)19-22-9-3-2-4-10-22)31(38)29(15-16-30(36)37)33-32(39)40-21-28-26-13-7-5-11-24(26)25-12-6-8-14-27(25)28/h2-14,23,28-29H,15-21H2,1H3,(H,33,39)(H,36,37). The van der Waals surface area contributed by atoms with Gasteiger partial charge >= 0.3 is 12.1 Å². The molecule has 1 fully saturated rings. The van der Waals surface area contributed by atoms with Crippen LogP contribution in [0.15, 0.2) is 78.9 Å². The van der Waals surface area contributed by atoms with Crippen LogP contribution in [0.2, 0.25) is 0 Å². The molecular weight excluding hydrogens is 506 g/mol. The summed E-state index contributed by atoms with van der Waals surface area (Å²) in [4.78, 5) is 41.7. The van der Waals surface area contributed by atoms with E-state index in [2.05, 4.69) is 34.5 Å². The van der Waals surface area contributed by atoms with Gasteiger partial charge in [-0.05, 0) is 40.7 Å². The SMILES string of the molecule is CN(C(=O)C(CCC(=O)O)NC(=O)OCC1c2ccccc2-c2ccccc21)C1CCN(Cc2ccccc2)C1. The quantitative estimate of drug-likeness (QED) is 0.392. The molecule has 3 aromatic rings. The number of hydrogen-bond acceptors (Lipinski definition) is 5. The molecular formula is C32H35N3O5. The third kappa shape index (κ3) is 6.18. The van der Waals surface area contributed by atoms with Crippen LogP contribution in [0.3, 0.4) is 0 Å². The average molecular weight is 542 g/mol. The van der Waals surface area contributed by atoms with Crippen molar-refractivity contribution in [1.29, 1.82) is 0 Å². The monoisotopic (exact) mass is 541 g/mol. The van der Waals surface area contributed by atoms with Crippen LogP contribution >= 0.6 is 0 Å². The molecule has 1 heterocycles. The van der Waals surface area contributed by atoms with Crippen LogP contribution in [-0.4, -0.2) is 71.7 Å². The van der Waals surface area contributed by atoms with E-state index in [4.69, 9.17) is 4.74 Å². The second kappa shape index (κ2) is 12.3. The third-order valence-corrected chi connectivity index (χ3v) is 7.97. The summed E-state index contributed by atoms with van der Waals surface area (Å²) in [6.07, 6.45) is -0.163. The second-order valence-electron chi connectivity index (χ2n) is 10.6. The van der Waals surface area contributed by atoms with Gasteiger partial charge in [0.1, 0.15) is 12.6 Å². The smallest absolute Gasteiger partial charge is 0.407 e. The zero-order valence-electron chi connectivity index (χ0n) is 22.7. The van der Waals surface area contributed by atoms with Gasteiger partial charge in [0.15, 0.2) is 0 Å². The fourth-order valence-corrected chi connectivity index (χ4v) is 5.85. The van der Waals surface area contributed by atoms with Gasteiger partial charge in [-0.1, -0.05) is 78.9 Å². The summed E-state index contributed by atoms with van der Waals surface area (Å²) in [5.41, 5.74) is 5.66. The van der Waals surface area contributed by atoms with Crippen LogP contribution in [0.5, 0.6) is 0 Å². The van der Waals surface area contributed by atoms with Gasteiger partial charge < -0.3 is 20.1 Å². The molecule has 208 valence electrons. The van der Waals surface area contributed by atoms with Crippen molar-refractivity contribution < 1.29 is 24.2 Å². The molecule has 8 nitrogen and oxygen atoms in total. The molecule has 2 N–H and O–H groups in total. The van der Waals surface area contributed by atoms with Crippen LogP contribution in [0.1, 0.15) is 41.9 Å². The van der Waals surface area contributed by atoms with Crippen molar-refractivity contribution in [3.8, 4) is 11.1 Å². The Morgan fingerprint density at radius 2 is 1.60 bits per heavy atom. The topological polar surface area (TPSA) is 99.2 Å². The molecule has 0 saturated carbocycles. The Morgan fingerprint density at radius 3 is 2.25 bits per heavy atom. The first-order valence-electron chi connectivity index (χ1n) is 13.8. The molecule has 2 amide bonds. The van der Waals surface area contributed by atoms with Crippen LogP contribution in [0, 0.1) is 0 Å². The molecule has 0 radical (unpaired) electrons. The van der Waals surface area contributed by atoms with E-state index < -0.39 is 18.1 Å². The fraction of sp³-hybridized carbons (Fsp3) is 0.344. The Kier molecular flexibility index (Phi) is 8.45. The highest BCUT2D eigenvalue weighted by Gasteiger charge is 2.34. The number of ether oxygens (including phenoxy) is 1. The van der Waals surface area contributed by atoms with Gasteiger partial charge in [-0.2, -0.15) is 0 Å². The molecule has 3 aromatic carbocycles. The maximum absolute atomic E-state index is 13.5. The number of benzene rings is 3. The number of carboxylic acid groups (broad SMARTS) is 1. The second-order valence-corrected chi connectivity index (χ2v) is 10.6. The lowest BCUT2D eigenvalue weighted by molar-refractivity contribution is -0.138. The third-order valence-electron chi connectivity index (χ3n) is 7.97. The van der Waals surface area contributed by atoms with Crippen LogP contribution in [-0.2, 0) is 20.9 Å². The number of alkyl carbamates (subject to hydrolysis) is 1. The van der Waals surface area contributed by atoms with Crippen molar-refractivity contribution in [1.82, 2.24) is 15.1 Å². The van der Waals surface area contributed by atoms with E-state index in [1.165, 1.54) is 5.56 Å². The Morgan fingerprint density at radius 1 is 0.975 bits per heavy atom. The number of amides is 2. The molecule has 2 unspecified atom stereocenters. The predicted molar refractivity (Wildman–Crippen MR) is 152 cm³/mol. The summed E-state index contributed by atoms with van der Waals surface area (Å²) >= 11 is 0. The minimum Gasteiger partial charge on any atom is -0.481 e. The van der Waals surface area contributed by atoms with Gasteiger partial charge in [-0.3, -0.25) is 14.5 Å². The number of fused-ring (bicyclic) bond motifs is 3. The van der Waals surface area contributed by atoms with Gasteiger partial charge in [-0.25, -0.2) is 4.79 Å². The van der Waals surface area contributed by atoms with Crippen molar-refractivity contribution in [2.75, 3.05) is 26.7 Å². The highest BCUT2D eigenvalue weighted by Crippen LogP contribution is 2.44. The van der Waals surface area contributed by atoms with E-state index in [9.17, 15) is 19.5 Å². The largest absolute Gasteiger partial charge is 0.481 e. The van der Waals surface area contributed by atoms with Crippen molar-refractivity contribution >= 4 is 18.0 Å². The zero-order chi connectivity index (χ0) is 28.1. The Hall–Kier alpha value is -4.17. The number of likely N-dealkylation sites (tertiary alicyclic amines) is 1. The molecule has 2 aliphatic rings. The van der Waals surface area contributed by atoms with Crippen molar-refractivity contribution in [2.24, 2.45) is 0 Å². The number of hydrogen-bond donors (Lipinski definition) is 2. The predicted octanol–water partition coefficient (Wildman–Crippen LogP) is 4.49. The molecule has 1 saturated heterocycles. The number of likely N-dealkylation sites (N-methyl/N-ethyl adjacent to an activating group) is 1. The molecule has 0 spiro atoms. The van der Waals surface area contributed by atoms with E-state index in [0.717, 1.165) is 41.8 Å². The lowest BCUT2D eigenvalue weighted by atomic mass is 9.98. The van der Waals surface area contributed by atoms with E-state index in [-0.39, 0.29) is 37.3 Å². The van der Waals surface area contributed by atoms with E-state index in [0.29, 0.717) is 6.54 Å². The van der Waals surface area contributed by atoms with Gasteiger partial charge in [-0.15, -0.1) is 0 Å². The van der Waals surface area contributed by atoms with E-state index in [1.54, 1.807) is 11.9 Å². The average Bonchev–Trinajstić information content (AvgIpc) is 3.56. The summed E-state index contributed by atoms with van der Waals surface area (Å²) in [6.45, 7) is 2.50. The van der Waals surface area contributed by atoms with Gasteiger partial charge in [0, 0.05) is 45.1 Å². The normalized spacial score (nSPS) is 17.1. The number of carbonyl (C=O) groups is 3. The maximum atomic E-state index is 13.5. The Balaban J connectivity index is 1.20. The number of nitrogens with zero attached hydrogens (tertiary/aromatic N) is 2. The molecule has 1 aliphatic heterocycles. The summed E-state index contributed by atoms with van der Waals surface area (Å²) in [5.74, 6) is -1.44. The van der Waals surface area contributed by atoms with E-state index in [1.807, 2.05) is 54.6 Å². The van der Waals surface area contributed by atoms with Crippen molar-refractivity contribution in [3.63, 3.8) is 0 Å². The fourth-order valence-electron chi connectivity index (χ4n) is 5.85. The highest BCUT2D eigenvalue weighted by atomic mass is 16.5. The molecule has 8 heteroatoms. The highest BCUT2D eigenvalue weighted by molar-refractivity contribution is 5.86. The minimum absolute atomic E-state index is 0.0108. The first-order valence-corrected chi connectivity index (χ1v) is 13.8. The zero-order valence-corrected chi connectivity index (χ0v) is 22.7. The first kappa shape index (κ1) is 27.4. The lowest BCUT2D eigenvalue weighted by Crippen LogP contribution is -2.51. The van der Waals surface area contributed by atoms with Crippen LogP contribution in [0.4, 0.5) is 4.79 Å². The first-order chi connectivity index (χ1) is 19.4. The number of rotatable bonds is 10. The maximum Gasteiger partial charge on any atom is 0.407 e. The molecule has 0 aromatic heterocycles. The Bertz CT molecular complexity index is 1320. The Labute approximate surface area is 234 Å².